The zero-order chi connectivity index (χ0) is 24.1. The molecule has 0 amide bonds. The molecule has 1 aromatic carbocycles. The van der Waals surface area contributed by atoms with Crippen molar-refractivity contribution in [1.82, 2.24) is 19.7 Å². The lowest BCUT2D eigenvalue weighted by Gasteiger charge is -2.35. The Balaban J connectivity index is 1.65. The number of aromatic nitrogens is 4. The molecule has 3 aromatic rings. The molecule has 0 spiro atoms. The molecular formula is C23H28ClFN6O2S. The first-order chi connectivity index (χ1) is 16.4. The summed E-state index contributed by atoms with van der Waals surface area (Å²) in [6.07, 6.45) is 5.99. The van der Waals surface area contributed by atoms with Crippen LogP contribution in [0.15, 0.2) is 42.9 Å². The largest absolute Gasteiger partial charge is 0.369 e. The summed E-state index contributed by atoms with van der Waals surface area (Å²) in [7, 11) is -1.62. The summed E-state index contributed by atoms with van der Waals surface area (Å²) in [6.45, 7) is 1.42. The van der Waals surface area contributed by atoms with Gasteiger partial charge in [0, 0.05) is 49.3 Å². The molecule has 0 unspecified atom stereocenters. The monoisotopic (exact) mass is 506 g/mol. The molecule has 1 saturated heterocycles. The number of anilines is 2. The fourth-order valence-corrected chi connectivity index (χ4v) is 5.74. The summed E-state index contributed by atoms with van der Waals surface area (Å²) in [5, 5.41) is 8.26. The highest BCUT2D eigenvalue weighted by molar-refractivity contribution is 7.92. The first-order valence-electron chi connectivity index (χ1n) is 11.3. The van der Waals surface area contributed by atoms with Gasteiger partial charge in [-0.05, 0) is 43.9 Å². The van der Waals surface area contributed by atoms with Gasteiger partial charge in [-0.25, -0.2) is 13.4 Å². The second-order valence-electron chi connectivity index (χ2n) is 8.45. The highest BCUT2D eigenvalue weighted by atomic mass is 35.5. The number of alkyl halides is 1. The third-order valence-electron chi connectivity index (χ3n) is 6.06. The number of nitrogens with one attached hydrogen (secondary N) is 1. The molecular weight excluding hydrogens is 479 g/mol. The molecule has 1 aliphatic rings. The SMILES string of the molecule is Cn1cnnc1C1CCN(c2c(NS(=O)(=O)CCCCCl)cccc2-c2ccc(F)nc2)CC1. The average Bonchev–Trinajstić information content (AvgIpc) is 3.25. The van der Waals surface area contributed by atoms with E-state index in [9.17, 15) is 12.8 Å². The van der Waals surface area contributed by atoms with Gasteiger partial charge in [-0.15, -0.1) is 21.8 Å². The molecule has 0 aliphatic carbocycles. The maximum atomic E-state index is 13.5. The Morgan fingerprint density at radius 3 is 2.62 bits per heavy atom. The van der Waals surface area contributed by atoms with E-state index in [1.165, 1.54) is 12.3 Å². The Labute approximate surface area is 204 Å². The number of para-hydroxylation sites is 1. The summed E-state index contributed by atoms with van der Waals surface area (Å²) in [5.41, 5.74) is 2.79. The fraction of sp³-hybridized carbons (Fsp3) is 0.435. The van der Waals surface area contributed by atoms with Gasteiger partial charge in [-0.2, -0.15) is 4.39 Å². The summed E-state index contributed by atoms with van der Waals surface area (Å²) in [6, 6.07) is 8.44. The third kappa shape index (κ3) is 5.67. The third-order valence-corrected chi connectivity index (χ3v) is 7.68. The van der Waals surface area contributed by atoms with Gasteiger partial charge in [0.05, 0.1) is 17.1 Å². The van der Waals surface area contributed by atoms with Gasteiger partial charge in [0.1, 0.15) is 12.2 Å². The maximum Gasteiger partial charge on any atom is 0.232 e. The van der Waals surface area contributed by atoms with Crippen LogP contribution in [0.3, 0.4) is 0 Å². The first kappa shape index (κ1) is 24.4. The Morgan fingerprint density at radius 2 is 1.97 bits per heavy atom. The van der Waals surface area contributed by atoms with Crippen molar-refractivity contribution in [2.75, 3.05) is 34.3 Å². The molecule has 34 heavy (non-hydrogen) atoms. The standard InChI is InChI=1S/C23H28ClFN6O2S/c1-30-16-27-28-23(30)17-9-12-31(13-10-17)22-19(18-7-8-21(25)26-15-18)5-4-6-20(22)29-34(32,33)14-3-2-11-24/h4-8,15-17,29H,2-3,9-14H2,1H3. The molecule has 0 saturated carbocycles. The van der Waals surface area contributed by atoms with E-state index in [4.69, 9.17) is 11.6 Å². The van der Waals surface area contributed by atoms with Gasteiger partial charge in [0.25, 0.3) is 0 Å². The van der Waals surface area contributed by atoms with Crippen LogP contribution in [0, 0.1) is 5.95 Å². The summed E-state index contributed by atoms with van der Waals surface area (Å²) in [4.78, 5) is 5.98. The Morgan fingerprint density at radius 1 is 1.18 bits per heavy atom. The van der Waals surface area contributed by atoms with Crippen molar-refractivity contribution in [2.24, 2.45) is 7.05 Å². The molecule has 1 aliphatic heterocycles. The van der Waals surface area contributed by atoms with E-state index >= 15 is 0 Å². The topological polar surface area (TPSA) is 93.0 Å². The zero-order valence-electron chi connectivity index (χ0n) is 19.0. The van der Waals surface area contributed by atoms with Crippen molar-refractivity contribution < 1.29 is 12.8 Å². The van der Waals surface area contributed by atoms with E-state index in [1.54, 1.807) is 24.5 Å². The number of hydrogen-bond acceptors (Lipinski definition) is 6. The van der Waals surface area contributed by atoms with Crippen LogP contribution in [0.25, 0.3) is 11.1 Å². The van der Waals surface area contributed by atoms with Crippen LogP contribution in [-0.4, -0.2) is 52.9 Å². The van der Waals surface area contributed by atoms with Crippen LogP contribution in [-0.2, 0) is 17.1 Å². The molecule has 4 rings (SSSR count). The van der Waals surface area contributed by atoms with Crippen LogP contribution in [0.4, 0.5) is 15.8 Å². The van der Waals surface area contributed by atoms with Gasteiger partial charge in [0.2, 0.25) is 16.0 Å². The van der Waals surface area contributed by atoms with Crippen LogP contribution in [0.1, 0.15) is 37.4 Å². The van der Waals surface area contributed by atoms with Crippen molar-refractivity contribution in [2.45, 2.75) is 31.6 Å². The van der Waals surface area contributed by atoms with Crippen LogP contribution >= 0.6 is 11.6 Å². The van der Waals surface area contributed by atoms with E-state index in [0.717, 1.165) is 35.5 Å². The molecule has 0 atom stereocenters. The van der Waals surface area contributed by atoms with Crippen LogP contribution in [0.5, 0.6) is 0 Å². The van der Waals surface area contributed by atoms with Gasteiger partial charge >= 0.3 is 0 Å². The second kappa shape index (κ2) is 10.7. The van der Waals surface area contributed by atoms with Crippen LogP contribution < -0.4 is 9.62 Å². The number of nitrogens with zero attached hydrogens (tertiary/aromatic N) is 5. The van der Waals surface area contributed by atoms with E-state index < -0.39 is 16.0 Å². The highest BCUT2D eigenvalue weighted by Crippen LogP contribution is 2.40. The molecule has 1 N–H and O–H groups in total. The molecule has 2 aromatic heterocycles. The predicted molar refractivity (Wildman–Crippen MR) is 132 cm³/mol. The Bertz CT molecular complexity index is 1210. The lowest BCUT2D eigenvalue weighted by Crippen LogP contribution is -2.34. The Hall–Kier alpha value is -2.72. The average molecular weight is 507 g/mol. The van der Waals surface area contributed by atoms with E-state index in [2.05, 4.69) is 24.8 Å². The zero-order valence-corrected chi connectivity index (χ0v) is 20.6. The summed E-state index contributed by atoms with van der Waals surface area (Å²) >= 11 is 5.71. The van der Waals surface area contributed by atoms with Crippen molar-refractivity contribution in [3.8, 4) is 11.1 Å². The second-order valence-corrected chi connectivity index (χ2v) is 10.7. The smallest absolute Gasteiger partial charge is 0.232 e. The minimum Gasteiger partial charge on any atom is -0.369 e. The van der Waals surface area contributed by atoms with Gasteiger partial charge in [-0.3, -0.25) is 4.72 Å². The number of unbranched alkanes of at least 4 members (excludes halogenated alkanes) is 1. The summed E-state index contributed by atoms with van der Waals surface area (Å²) in [5.74, 6) is 1.09. The van der Waals surface area contributed by atoms with E-state index in [-0.39, 0.29) is 11.7 Å². The van der Waals surface area contributed by atoms with Gasteiger partial charge < -0.3 is 9.47 Å². The number of halogens is 2. The number of rotatable bonds is 9. The minimum atomic E-state index is -3.56. The molecule has 0 bridgehead atoms. The lowest BCUT2D eigenvalue weighted by atomic mass is 9.94. The molecule has 0 radical (unpaired) electrons. The number of pyridine rings is 1. The van der Waals surface area contributed by atoms with Crippen molar-refractivity contribution in [3.63, 3.8) is 0 Å². The van der Waals surface area contributed by atoms with Crippen molar-refractivity contribution >= 4 is 33.0 Å². The quantitative estimate of drug-likeness (QED) is 0.266. The summed E-state index contributed by atoms with van der Waals surface area (Å²) < 4.78 is 43.8. The maximum absolute atomic E-state index is 13.5. The van der Waals surface area contributed by atoms with Crippen molar-refractivity contribution in [3.05, 3.63) is 54.6 Å². The molecule has 3 heterocycles. The normalized spacial score (nSPS) is 15.0. The number of benzene rings is 1. The van der Waals surface area contributed by atoms with E-state index in [0.29, 0.717) is 37.5 Å². The van der Waals surface area contributed by atoms with Crippen LogP contribution in [0.2, 0.25) is 0 Å². The number of sulfonamides is 1. The molecule has 11 heteroatoms. The molecule has 1 fully saturated rings. The molecule has 8 nitrogen and oxygen atoms in total. The number of piperidine rings is 1. The number of aryl methyl sites for hydroxylation is 1. The fourth-order valence-electron chi connectivity index (χ4n) is 4.36. The number of hydrogen-bond donors (Lipinski definition) is 1. The van der Waals surface area contributed by atoms with E-state index in [1.807, 2.05) is 17.7 Å². The lowest BCUT2D eigenvalue weighted by molar-refractivity contribution is 0.474. The minimum absolute atomic E-state index is 0.00424. The van der Waals surface area contributed by atoms with Gasteiger partial charge in [0.15, 0.2) is 0 Å². The Kier molecular flexibility index (Phi) is 7.67. The first-order valence-corrected chi connectivity index (χ1v) is 13.5. The van der Waals surface area contributed by atoms with Crippen molar-refractivity contribution in [1.29, 1.82) is 0 Å². The highest BCUT2D eigenvalue weighted by Gasteiger charge is 2.27. The van der Waals surface area contributed by atoms with Gasteiger partial charge in [-0.1, -0.05) is 12.1 Å². The predicted octanol–water partition coefficient (Wildman–Crippen LogP) is 4.16. The molecule has 182 valence electrons.